The fourth-order valence-corrected chi connectivity index (χ4v) is 4.73. The zero-order valence-corrected chi connectivity index (χ0v) is 16.1. The Morgan fingerprint density at radius 1 is 1.26 bits per heavy atom. The van der Waals surface area contributed by atoms with Gasteiger partial charge in [0.05, 0.1) is 11.7 Å². The Labute approximate surface area is 157 Å². The zero-order valence-electron chi connectivity index (χ0n) is 15.3. The van der Waals surface area contributed by atoms with Crippen LogP contribution in [0.2, 0.25) is 0 Å². The number of aryl methyl sites for hydroxylation is 1. The lowest BCUT2D eigenvalue weighted by Crippen LogP contribution is -2.23. The third kappa shape index (κ3) is 3.08. The summed E-state index contributed by atoms with van der Waals surface area (Å²) in [5.41, 5.74) is 2.28. The maximum absolute atomic E-state index is 13.9. The molecule has 3 heterocycles. The van der Waals surface area contributed by atoms with Gasteiger partial charge in [0.25, 0.3) is 10.0 Å². The molecule has 0 saturated heterocycles. The van der Waals surface area contributed by atoms with Crippen molar-refractivity contribution in [3.05, 3.63) is 54.2 Å². The molecule has 6 nitrogen and oxygen atoms in total. The Morgan fingerprint density at radius 3 is 2.74 bits per heavy atom. The Bertz CT molecular complexity index is 1140. The van der Waals surface area contributed by atoms with Crippen molar-refractivity contribution in [2.24, 2.45) is 0 Å². The Kier molecular flexibility index (Phi) is 4.39. The predicted octanol–water partition coefficient (Wildman–Crippen LogP) is 2.95. The van der Waals surface area contributed by atoms with Crippen molar-refractivity contribution in [2.45, 2.75) is 24.8 Å². The van der Waals surface area contributed by atoms with Gasteiger partial charge in [-0.05, 0) is 44.2 Å². The first-order chi connectivity index (χ1) is 12.9. The second-order valence-corrected chi connectivity index (χ2v) is 8.59. The maximum Gasteiger partial charge on any atom is 0.271 e. The van der Waals surface area contributed by atoms with Gasteiger partial charge in [-0.15, -0.1) is 0 Å². The minimum absolute atomic E-state index is 0.120. The standard InChI is InChI=1S/C19H21FN4O2S/c1-3-23-12-16(11-21-23)27(25,26)24-13-18(14-6-8-22(2)9-7-14)17-10-15(20)4-5-19(17)24/h4-6,10-13H,3,7-9H2,1-2H3. The highest BCUT2D eigenvalue weighted by atomic mass is 32.2. The van der Waals surface area contributed by atoms with Crippen LogP contribution in [0.3, 0.4) is 0 Å². The van der Waals surface area contributed by atoms with E-state index in [9.17, 15) is 12.8 Å². The smallest absolute Gasteiger partial charge is 0.271 e. The quantitative estimate of drug-likeness (QED) is 0.690. The molecule has 0 unspecified atom stereocenters. The summed E-state index contributed by atoms with van der Waals surface area (Å²) >= 11 is 0. The molecule has 142 valence electrons. The molecule has 0 saturated carbocycles. The molecule has 0 bridgehead atoms. The molecular formula is C19H21FN4O2S. The summed E-state index contributed by atoms with van der Waals surface area (Å²) in [5, 5.41) is 4.68. The number of aromatic nitrogens is 3. The molecular weight excluding hydrogens is 367 g/mol. The van der Waals surface area contributed by atoms with E-state index in [0.29, 0.717) is 17.4 Å². The van der Waals surface area contributed by atoms with E-state index in [1.54, 1.807) is 10.9 Å². The Morgan fingerprint density at radius 2 is 2.07 bits per heavy atom. The van der Waals surface area contributed by atoms with Crippen molar-refractivity contribution in [1.82, 2.24) is 18.7 Å². The largest absolute Gasteiger partial charge is 0.302 e. The lowest BCUT2D eigenvalue weighted by molar-refractivity contribution is 0.370. The maximum atomic E-state index is 13.9. The van der Waals surface area contributed by atoms with Crippen LogP contribution in [-0.4, -0.2) is 47.2 Å². The highest BCUT2D eigenvalue weighted by Gasteiger charge is 2.24. The van der Waals surface area contributed by atoms with E-state index < -0.39 is 10.0 Å². The number of hydrogen-bond acceptors (Lipinski definition) is 4. The number of benzene rings is 1. The highest BCUT2D eigenvalue weighted by molar-refractivity contribution is 7.90. The van der Waals surface area contributed by atoms with Crippen LogP contribution in [0.5, 0.6) is 0 Å². The molecule has 27 heavy (non-hydrogen) atoms. The third-order valence-electron chi connectivity index (χ3n) is 4.98. The predicted molar refractivity (Wildman–Crippen MR) is 102 cm³/mol. The number of nitrogens with zero attached hydrogens (tertiary/aromatic N) is 4. The summed E-state index contributed by atoms with van der Waals surface area (Å²) in [4.78, 5) is 2.30. The van der Waals surface area contributed by atoms with E-state index in [-0.39, 0.29) is 10.7 Å². The molecule has 1 aromatic carbocycles. The second kappa shape index (κ2) is 6.61. The van der Waals surface area contributed by atoms with Crippen molar-refractivity contribution in [3.8, 4) is 0 Å². The minimum Gasteiger partial charge on any atom is -0.302 e. The summed E-state index contributed by atoms with van der Waals surface area (Å²) in [7, 11) is -1.79. The molecule has 1 aliphatic rings. The third-order valence-corrected chi connectivity index (χ3v) is 6.61. The number of fused-ring (bicyclic) bond motifs is 1. The van der Waals surface area contributed by atoms with Gasteiger partial charge in [-0.1, -0.05) is 6.08 Å². The van der Waals surface area contributed by atoms with Gasteiger partial charge in [-0.3, -0.25) is 4.68 Å². The molecule has 8 heteroatoms. The van der Waals surface area contributed by atoms with E-state index in [1.807, 2.05) is 14.0 Å². The number of hydrogen-bond donors (Lipinski definition) is 0. The average Bonchev–Trinajstić information content (AvgIpc) is 3.27. The van der Waals surface area contributed by atoms with Crippen LogP contribution in [0.4, 0.5) is 4.39 Å². The summed E-state index contributed by atoms with van der Waals surface area (Å²) in [6, 6.07) is 4.22. The van der Waals surface area contributed by atoms with Crippen molar-refractivity contribution < 1.29 is 12.8 Å². The molecule has 0 aliphatic carbocycles. The number of halogens is 1. The lowest BCUT2D eigenvalue weighted by Gasteiger charge is -2.21. The van der Waals surface area contributed by atoms with Crippen LogP contribution in [0, 0.1) is 5.82 Å². The summed E-state index contributed by atoms with van der Waals surface area (Å²) in [6.45, 7) is 4.14. The van der Waals surface area contributed by atoms with E-state index >= 15 is 0 Å². The van der Waals surface area contributed by atoms with Gasteiger partial charge in [0.15, 0.2) is 0 Å². The Balaban J connectivity index is 1.91. The zero-order chi connectivity index (χ0) is 19.2. The van der Waals surface area contributed by atoms with E-state index in [0.717, 1.165) is 30.6 Å². The van der Waals surface area contributed by atoms with E-state index in [1.165, 1.54) is 34.6 Å². The minimum atomic E-state index is -3.82. The molecule has 0 radical (unpaired) electrons. The fourth-order valence-electron chi connectivity index (χ4n) is 3.41. The monoisotopic (exact) mass is 388 g/mol. The van der Waals surface area contributed by atoms with Crippen LogP contribution in [-0.2, 0) is 16.6 Å². The molecule has 1 aliphatic heterocycles. The fraction of sp³-hybridized carbons (Fsp3) is 0.316. The van der Waals surface area contributed by atoms with Gasteiger partial charge >= 0.3 is 0 Å². The van der Waals surface area contributed by atoms with Gasteiger partial charge < -0.3 is 4.90 Å². The van der Waals surface area contributed by atoms with E-state index in [2.05, 4.69) is 16.1 Å². The van der Waals surface area contributed by atoms with Gasteiger partial charge in [0.2, 0.25) is 0 Å². The van der Waals surface area contributed by atoms with E-state index in [4.69, 9.17) is 0 Å². The molecule has 2 aromatic heterocycles. The number of rotatable bonds is 4. The van der Waals surface area contributed by atoms with Crippen LogP contribution >= 0.6 is 0 Å². The summed E-state index contributed by atoms with van der Waals surface area (Å²) < 4.78 is 43.1. The molecule has 0 fully saturated rings. The summed E-state index contributed by atoms with van der Waals surface area (Å²) in [5.74, 6) is -0.383. The highest BCUT2D eigenvalue weighted by Crippen LogP contribution is 2.33. The Hall–Kier alpha value is -2.45. The van der Waals surface area contributed by atoms with Crippen LogP contribution in [0.15, 0.2) is 47.8 Å². The first-order valence-corrected chi connectivity index (χ1v) is 10.3. The van der Waals surface area contributed by atoms with Gasteiger partial charge in [0, 0.05) is 43.0 Å². The lowest BCUT2D eigenvalue weighted by atomic mass is 9.99. The number of likely N-dealkylation sites (N-methyl/N-ethyl adjacent to an activating group) is 1. The van der Waals surface area contributed by atoms with Gasteiger partial charge in [-0.25, -0.2) is 16.8 Å². The van der Waals surface area contributed by atoms with Crippen LogP contribution < -0.4 is 0 Å². The van der Waals surface area contributed by atoms with Crippen molar-refractivity contribution in [3.63, 3.8) is 0 Å². The van der Waals surface area contributed by atoms with Gasteiger partial charge in [-0.2, -0.15) is 5.10 Å². The summed E-state index contributed by atoms with van der Waals surface area (Å²) in [6.07, 6.45) is 7.34. The first kappa shape index (κ1) is 17.9. The first-order valence-electron chi connectivity index (χ1n) is 8.86. The SMILES string of the molecule is CCn1cc(S(=O)(=O)n2cc(C3=CCN(C)CC3)c3cc(F)ccc32)cn1. The second-order valence-electron chi connectivity index (χ2n) is 6.78. The topological polar surface area (TPSA) is 60.1 Å². The molecule has 0 amide bonds. The average molecular weight is 388 g/mol. The van der Waals surface area contributed by atoms with Crippen molar-refractivity contribution >= 4 is 26.5 Å². The normalized spacial score (nSPS) is 16.0. The van der Waals surface area contributed by atoms with Gasteiger partial charge in [0.1, 0.15) is 10.7 Å². The molecule has 3 aromatic rings. The molecule has 0 N–H and O–H groups in total. The van der Waals surface area contributed by atoms with Crippen LogP contribution in [0.25, 0.3) is 16.5 Å². The molecule has 0 spiro atoms. The van der Waals surface area contributed by atoms with Crippen molar-refractivity contribution in [1.29, 1.82) is 0 Å². The molecule has 4 rings (SSSR count). The van der Waals surface area contributed by atoms with Crippen molar-refractivity contribution in [2.75, 3.05) is 20.1 Å². The molecule has 0 atom stereocenters. The van der Waals surface area contributed by atoms with Crippen LogP contribution in [0.1, 0.15) is 18.9 Å².